The fourth-order valence-electron chi connectivity index (χ4n) is 4.43. The van der Waals surface area contributed by atoms with Gasteiger partial charge in [0.15, 0.2) is 0 Å². The van der Waals surface area contributed by atoms with E-state index in [0.29, 0.717) is 19.1 Å². The maximum absolute atomic E-state index is 12.6. The largest absolute Gasteiger partial charge is 0.396 e. The lowest BCUT2D eigenvalue weighted by molar-refractivity contribution is -0.123. The zero-order valence-electron chi connectivity index (χ0n) is 16.1. The maximum atomic E-state index is 12.6. The lowest BCUT2D eigenvalue weighted by atomic mass is 9.99. The highest BCUT2D eigenvalue weighted by Crippen LogP contribution is 2.29. The van der Waals surface area contributed by atoms with Gasteiger partial charge in [0.1, 0.15) is 0 Å². The third kappa shape index (κ3) is 5.67. The second kappa shape index (κ2) is 10.4. The van der Waals surface area contributed by atoms with Crippen molar-refractivity contribution in [1.29, 1.82) is 0 Å². The Morgan fingerprint density at radius 2 is 1.93 bits per heavy atom. The maximum Gasteiger partial charge on any atom is 0.234 e. The molecule has 2 unspecified atom stereocenters. The molecule has 0 bridgehead atoms. The van der Waals surface area contributed by atoms with Gasteiger partial charge in [-0.3, -0.25) is 14.6 Å². The molecule has 0 aromatic heterocycles. The smallest absolute Gasteiger partial charge is 0.234 e. The molecule has 0 aliphatic carbocycles. The summed E-state index contributed by atoms with van der Waals surface area (Å²) in [4.78, 5) is 17.3. The molecule has 1 amide bonds. The number of likely N-dealkylation sites (tertiary alicyclic amines) is 2. The standard InChI is InChI=1S/C21H32ClN3O2/c22-19-9-2-1-8-18(19)20(24-11-5-6-12-24)15-23-21(27)16-25-13-4-3-7-17(25)10-14-26/h1-2,8-9,17,20,26H,3-7,10-16H2,(H,23,27). The van der Waals surface area contributed by atoms with E-state index in [4.69, 9.17) is 11.6 Å². The van der Waals surface area contributed by atoms with E-state index in [2.05, 4.69) is 21.2 Å². The lowest BCUT2D eigenvalue weighted by Gasteiger charge is -2.35. The summed E-state index contributed by atoms with van der Waals surface area (Å²) >= 11 is 6.45. The second-order valence-corrected chi connectivity index (χ2v) is 8.12. The average molecular weight is 394 g/mol. The number of carbonyl (C=O) groups is 1. The zero-order chi connectivity index (χ0) is 19.1. The lowest BCUT2D eigenvalue weighted by Crippen LogP contribution is -2.47. The minimum absolute atomic E-state index is 0.0658. The minimum Gasteiger partial charge on any atom is -0.396 e. The zero-order valence-corrected chi connectivity index (χ0v) is 16.8. The van der Waals surface area contributed by atoms with Crippen LogP contribution in [0.5, 0.6) is 0 Å². The fourth-order valence-corrected chi connectivity index (χ4v) is 4.69. The number of carbonyl (C=O) groups excluding carboxylic acids is 1. The van der Waals surface area contributed by atoms with Gasteiger partial charge in [-0.25, -0.2) is 0 Å². The Labute approximate surface area is 167 Å². The van der Waals surface area contributed by atoms with Crippen LogP contribution in [0.4, 0.5) is 0 Å². The first kappa shape index (κ1) is 20.6. The van der Waals surface area contributed by atoms with Crippen molar-refractivity contribution >= 4 is 17.5 Å². The van der Waals surface area contributed by atoms with Gasteiger partial charge in [0.25, 0.3) is 0 Å². The molecule has 2 fully saturated rings. The van der Waals surface area contributed by atoms with Crippen molar-refractivity contribution in [2.24, 2.45) is 0 Å². The summed E-state index contributed by atoms with van der Waals surface area (Å²) in [6.45, 7) is 4.23. The summed E-state index contributed by atoms with van der Waals surface area (Å²) in [7, 11) is 0. The van der Waals surface area contributed by atoms with Gasteiger partial charge in [0.05, 0.1) is 12.6 Å². The van der Waals surface area contributed by atoms with Crippen molar-refractivity contribution in [3.8, 4) is 0 Å². The van der Waals surface area contributed by atoms with E-state index in [1.54, 1.807) is 0 Å². The van der Waals surface area contributed by atoms with Crippen LogP contribution in [0, 0.1) is 0 Å². The number of nitrogens with zero attached hydrogens (tertiary/aromatic N) is 2. The predicted octanol–water partition coefficient (Wildman–Crippen LogP) is 2.83. The molecular formula is C21H32ClN3O2. The monoisotopic (exact) mass is 393 g/mol. The fraction of sp³-hybridized carbons (Fsp3) is 0.667. The van der Waals surface area contributed by atoms with E-state index >= 15 is 0 Å². The second-order valence-electron chi connectivity index (χ2n) is 7.72. The molecule has 5 nitrogen and oxygen atoms in total. The Hall–Kier alpha value is -1.14. The molecule has 2 saturated heterocycles. The van der Waals surface area contributed by atoms with Gasteiger partial charge in [0.2, 0.25) is 5.91 Å². The molecule has 27 heavy (non-hydrogen) atoms. The molecule has 2 atom stereocenters. The summed E-state index contributed by atoms with van der Waals surface area (Å²) in [5.41, 5.74) is 1.09. The minimum atomic E-state index is 0.0658. The van der Waals surface area contributed by atoms with Gasteiger partial charge in [-0.15, -0.1) is 0 Å². The number of piperidine rings is 1. The quantitative estimate of drug-likeness (QED) is 0.713. The molecule has 2 aliphatic heterocycles. The third-order valence-corrected chi connectivity index (χ3v) is 6.24. The van der Waals surface area contributed by atoms with Crippen molar-refractivity contribution < 1.29 is 9.90 Å². The molecule has 3 rings (SSSR count). The normalized spacial score (nSPS) is 22.7. The van der Waals surface area contributed by atoms with Crippen molar-refractivity contribution in [3.63, 3.8) is 0 Å². The summed E-state index contributed by atoms with van der Waals surface area (Å²) in [6, 6.07) is 8.41. The van der Waals surface area contributed by atoms with E-state index in [0.717, 1.165) is 49.5 Å². The number of hydrogen-bond donors (Lipinski definition) is 2. The number of nitrogens with one attached hydrogen (secondary N) is 1. The first-order valence-corrected chi connectivity index (χ1v) is 10.7. The Kier molecular flexibility index (Phi) is 7.94. The summed E-state index contributed by atoms with van der Waals surface area (Å²) in [5, 5.41) is 13.2. The van der Waals surface area contributed by atoms with Crippen molar-refractivity contribution in [1.82, 2.24) is 15.1 Å². The molecule has 6 heteroatoms. The number of aliphatic hydroxyl groups excluding tert-OH is 1. The van der Waals surface area contributed by atoms with Gasteiger partial charge in [-0.1, -0.05) is 36.2 Å². The van der Waals surface area contributed by atoms with Crippen LogP contribution >= 0.6 is 11.6 Å². The Morgan fingerprint density at radius 3 is 2.67 bits per heavy atom. The SMILES string of the molecule is O=C(CN1CCCCC1CCO)NCC(c1ccccc1Cl)N1CCCC1. The van der Waals surface area contributed by atoms with E-state index in [1.165, 1.54) is 19.3 Å². The summed E-state index contributed by atoms with van der Waals surface area (Å²) < 4.78 is 0. The van der Waals surface area contributed by atoms with Crippen LogP contribution in [0.3, 0.4) is 0 Å². The number of aliphatic hydroxyl groups is 1. The molecule has 2 heterocycles. The van der Waals surface area contributed by atoms with Crippen LogP contribution in [-0.2, 0) is 4.79 Å². The first-order chi connectivity index (χ1) is 13.2. The van der Waals surface area contributed by atoms with Crippen LogP contribution in [0.25, 0.3) is 0 Å². The van der Waals surface area contributed by atoms with Gasteiger partial charge >= 0.3 is 0 Å². The summed E-state index contributed by atoms with van der Waals surface area (Å²) in [6.07, 6.45) is 6.54. The van der Waals surface area contributed by atoms with Gasteiger partial charge in [-0.2, -0.15) is 0 Å². The average Bonchev–Trinajstić information content (AvgIpc) is 3.19. The number of rotatable bonds is 8. The van der Waals surface area contributed by atoms with Crippen molar-refractivity contribution in [2.75, 3.05) is 39.3 Å². The van der Waals surface area contributed by atoms with E-state index in [-0.39, 0.29) is 18.6 Å². The molecule has 2 N–H and O–H groups in total. The molecule has 0 radical (unpaired) electrons. The van der Waals surface area contributed by atoms with Gasteiger partial charge in [0, 0.05) is 24.2 Å². The summed E-state index contributed by atoms with van der Waals surface area (Å²) in [5.74, 6) is 0.0658. The highest BCUT2D eigenvalue weighted by Gasteiger charge is 2.27. The van der Waals surface area contributed by atoms with Crippen molar-refractivity contribution in [2.45, 2.75) is 50.6 Å². The number of benzene rings is 1. The van der Waals surface area contributed by atoms with E-state index in [9.17, 15) is 9.90 Å². The van der Waals surface area contributed by atoms with Crippen LogP contribution in [0.2, 0.25) is 5.02 Å². The number of halogens is 1. The molecule has 0 saturated carbocycles. The third-order valence-electron chi connectivity index (χ3n) is 5.90. The van der Waals surface area contributed by atoms with Crippen LogP contribution < -0.4 is 5.32 Å². The Bertz CT molecular complexity index is 605. The topological polar surface area (TPSA) is 55.8 Å². The Balaban J connectivity index is 1.59. The molecule has 1 aromatic carbocycles. The molecular weight excluding hydrogens is 362 g/mol. The van der Waals surface area contributed by atoms with Gasteiger partial charge in [-0.05, 0) is 63.4 Å². The van der Waals surface area contributed by atoms with Crippen LogP contribution in [-0.4, -0.2) is 66.2 Å². The first-order valence-electron chi connectivity index (χ1n) is 10.3. The number of amides is 1. The Morgan fingerprint density at radius 1 is 1.19 bits per heavy atom. The van der Waals surface area contributed by atoms with Crippen LogP contribution in [0.1, 0.15) is 50.1 Å². The highest BCUT2D eigenvalue weighted by molar-refractivity contribution is 6.31. The van der Waals surface area contributed by atoms with Crippen molar-refractivity contribution in [3.05, 3.63) is 34.9 Å². The molecule has 1 aromatic rings. The molecule has 150 valence electrons. The number of hydrogen-bond acceptors (Lipinski definition) is 4. The highest BCUT2D eigenvalue weighted by atomic mass is 35.5. The van der Waals surface area contributed by atoms with Crippen LogP contribution in [0.15, 0.2) is 24.3 Å². The predicted molar refractivity (Wildman–Crippen MR) is 109 cm³/mol. The molecule has 2 aliphatic rings. The van der Waals surface area contributed by atoms with E-state index in [1.807, 2.05) is 18.2 Å². The molecule has 0 spiro atoms. The van der Waals surface area contributed by atoms with E-state index < -0.39 is 0 Å². The van der Waals surface area contributed by atoms with Gasteiger partial charge < -0.3 is 10.4 Å².